The molecule has 0 atom stereocenters. The number of halogens is 1. The SMILES string of the molecule is CN(Cc1ccccc1)C(=O)C1CCN(C(=O)c2ccccc2F)CC1. The Bertz CT molecular complexity index is 771. The van der Waals surface area contributed by atoms with Gasteiger partial charge in [0, 0.05) is 32.6 Å². The third-order valence-corrected chi connectivity index (χ3v) is 4.87. The van der Waals surface area contributed by atoms with E-state index in [0.29, 0.717) is 32.5 Å². The normalized spacial score (nSPS) is 14.9. The zero-order chi connectivity index (χ0) is 18.5. The van der Waals surface area contributed by atoms with Crippen molar-refractivity contribution in [3.8, 4) is 0 Å². The van der Waals surface area contributed by atoms with Gasteiger partial charge in [-0.25, -0.2) is 4.39 Å². The number of likely N-dealkylation sites (tertiary alicyclic amines) is 1. The number of hydrogen-bond acceptors (Lipinski definition) is 2. The lowest BCUT2D eigenvalue weighted by Gasteiger charge is -2.33. The molecule has 3 rings (SSSR count). The monoisotopic (exact) mass is 354 g/mol. The summed E-state index contributed by atoms with van der Waals surface area (Å²) in [5, 5.41) is 0. The lowest BCUT2D eigenvalue weighted by atomic mass is 9.94. The van der Waals surface area contributed by atoms with Crippen molar-refractivity contribution in [3.05, 3.63) is 71.5 Å². The number of rotatable bonds is 4. The van der Waals surface area contributed by atoms with Gasteiger partial charge in [-0.3, -0.25) is 9.59 Å². The average Bonchev–Trinajstić information content (AvgIpc) is 2.68. The van der Waals surface area contributed by atoms with Crippen molar-refractivity contribution < 1.29 is 14.0 Å². The van der Waals surface area contributed by atoms with Gasteiger partial charge in [0.05, 0.1) is 5.56 Å². The summed E-state index contributed by atoms with van der Waals surface area (Å²) in [5.41, 5.74) is 1.19. The average molecular weight is 354 g/mol. The Kier molecular flexibility index (Phi) is 5.66. The highest BCUT2D eigenvalue weighted by Gasteiger charge is 2.30. The minimum absolute atomic E-state index is 0.0895. The number of carbonyl (C=O) groups excluding carboxylic acids is 2. The second-order valence-corrected chi connectivity index (χ2v) is 6.73. The summed E-state index contributed by atoms with van der Waals surface area (Å²) in [5.74, 6) is -0.787. The Balaban J connectivity index is 1.55. The molecule has 1 aliphatic heterocycles. The quantitative estimate of drug-likeness (QED) is 0.845. The van der Waals surface area contributed by atoms with E-state index >= 15 is 0 Å². The number of hydrogen-bond donors (Lipinski definition) is 0. The highest BCUT2D eigenvalue weighted by atomic mass is 19.1. The fraction of sp³-hybridized carbons (Fsp3) is 0.333. The van der Waals surface area contributed by atoms with Crippen molar-refractivity contribution in [2.24, 2.45) is 5.92 Å². The molecule has 0 aromatic heterocycles. The number of benzene rings is 2. The van der Waals surface area contributed by atoms with E-state index in [0.717, 1.165) is 5.56 Å². The summed E-state index contributed by atoms with van der Waals surface area (Å²) >= 11 is 0. The molecule has 26 heavy (non-hydrogen) atoms. The van der Waals surface area contributed by atoms with Crippen LogP contribution in [0, 0.1) is 11.7 Å². The standard InChI is InChI=1S/C21H23FN2O2/c1-23(15-16-7-3-2-4-8-16)20(25)17-11-13-24(14-12-17)21(26)18-9-5-6-10-19(18)22/h2-10,17H,11-15H2,1H3. The molecule has 1 aliphatic rings. The summed E-state index contributed by atoms with van der Waals surface area (Å²) < 4.78 is 13.8. The number of nitrogens with zero attached hydrogens (tertiary/aromatic N) is 2. The van der Waals surface area contributed by atoms with E-state index in [1.54, 1.807) is 21.9 Å². The maximum atomic E-state index is 13.8. The Hall–Kier alpha value is -2.69. The maximum absolute atomic E-state index is 13.8. The lowest BCUT2D eigenvalue weighted by molar-refractivity contribution is -0.136. The molecule has 0 bridgehead atoms. The van der Waals surface area contributed by atoms with Gasteiger partial charge >= 0.3 is 0 Å². The van der Waals surface area contributed by atoms with Gasteiger partial charge in [0.15, 0.2) is 0 Å². The second kappa shape index (κ2) is 8.13. The van der Waals surface area contributed by atoms with Crippen LogP contribution in [0.2, 0.25) is 0 Å². The smallest absolute Gasteiger partial charge is 0.256 e. The first-order valence-electron chi connectivity index (χ1n) is 8.89. The molecule has 1 heterocycles. The van der Waals surface area contributed by atoms with Crippen LogP contribution in [-0.2, 0) is 11.3 Å². The number of amides is 2. The summed E-state index contributed by atoms with van der Waals surface area (Å²) in [4.78, 5) is 28.5. The van der Waals surface area contributed by atoms with Crippen molar-refractivity contribution >= 4 is 11.8 Å². The van der Waals surface area contributed by atoms with E-state index in [4.69, 9.17) is 0 Å². The summed E-state index contributed by atoms with van der Waals surface area (Å²) in [6.07, 6.45) is 1.22. The van der Waals surface area contributed by atoms with Crippen LogP contribution in [0.1, 0.15) is 28.8 Å². The van der Waals surface area contributed by atoms with Crippen molar-refractivity contribution in [1.29, 1.82) is 0 Å². The highest BCUT2D eigenvalue weighted by Crippen LogP contribution is 2.22. The van der Waals surface area contributed by atoms with Gasteiger partial charge in [-0.2, -0.15) is 0 Å². The zero-order valence-electron chi connectivity index (χ0n) is 14.9. The molecule has 2 amide bonds. The van der Waals surface area contributed by atoms with E-state index in [-0.39, 0.29) is 23.3 Å². The van der Waals surface area contributed by atoms with Gasteiger partial charge in [-0.15, -0.1) is 0 Å². The van der Waals surface area contributed by atoms with E-state index in [9.17, 15) is 14.0 Å². The highest BCUT2D eigenvalue weighted by molar-refractivity contribution is 5.94. The maximum Gasteiger partial charge on any atom is 0.256 e. The van der Waals surface area contributed by atoms with Crippen LogP contribution in [0.25, 0.3) is 0 Å². The first-order chi connectivity index (χ1) is 12.6. The Labute approximate surface area is 153 Å². The van der Waals surface area contributed by atoms with Gasteiger partial charge in [0.1, 0.15) is 5.82 Å². The van der Waals surface area contributed by atoms with Crippen LogP contribution in [0.15, 0.2) is 54.6 Å². The first kappa shape index (κ1) is 18.1. The largest absolute Gasteiger partial charge is 0.341 e. The van der Waals surface area contributed by atoms with Crippen molar-refractivity contribution in [3.63, 3.8) is 0 Å². The first-order valence-corrected chi connectivity index (χ1v) is 8.89. The van der Waals surface area contributed by atoms with Gasteiger partial charge in [-0.05, 0) is 30.5 Å². The van der Waals surface area contributed by atoms with Crippen LogP contribution >= 0.6 is 0 Å². The molecule has 5 heteroatoms. The van der Waals surface area contributed by atoms with Crippen LogP contribution in [0.3, 0.4) is 0 Å². The molecule has 1 fully saturated rings. The lowest BCUT2D eigenvalue weighted by Crippen LogP contribution is -2.43. The topological polar surface area (TPSA) is 40.6 Å². The Morgan fingerprint density at radius 2 is 1.65 bits per heavy atom. The van der Waals surface area contributed by atoms with Gasteiger partial charge in [-0.1, -0.05) is 42.5 Å². The molecule has 0 saturated carbocycles. The Morgan fingerprint density at radius 3 is 2.31 bits per heavy atom. The molecule has 2 aromatic rings. The molecule has 1 saturated heterocycles. The molecule has 0 unspecified atom stereocenters. The van der Waals surface area contributed by atoms with Crippen molar-refractivity contribution in [1.82, 2.24) is 9.80 Å². The van der Waals surface area contributed by atoms with Crippen LogP contribution in [0.4, 0.5) is 4.39 Å². The predicted octanol–water partition coefficient (Wildman–Crippen LogP) is 3.34. The van der Waals surface area contributed by atoms with Gasteiger partial charge in [0.25, 0.3) is 5.91 Å². The molecular weight excluding hydrogens is 331 g/mol. The zero-order valence-corrected chi connectivity index (χ0v) is 14.9. The van der Waals surface area contributed by atoms with E-state index in [1.165, 1.54) is 12.1 Å². The molecule has 4 nitrogen and oxygen atoms in total. The molecular formula is C21H23FN2O2. The van der Waals surface area contributed by atoms with Crippen LogP contribution in [-0.4, -0.2) is 41.8 Å². The third-order valence-electron chi connectivity index (χ3n) is 4.87. The third kappa shape index (κ3) is 4.10. The van der Waals surface area contributed by atoms with Gasteiger partial charge < -0.3 is 9.80 Å². The van der Waals surface area contributed by atoms with Crippen LogP contribution in [0.5, 0.6) is 0 Å². The van der Waals surface area contributed by atoms with E-state index in [2.05, 4.69) is 0 Å². The molecule has 0 radical (unpaired) electrons. The molecule has 136 valence electrons. The molecule has 0 spiro atoms. The molecule has 0 N–H and O–H groups in total. The minimum atomic E-state index is -0.502. The molecule has 0 aliphatic carbocycles. The summed E-state index contributed by atoms with van der Waals surface area (Å²) in [6, 6.07) is 15.9. The second-order valence-electron chi connectivity index (χ2n) is 6.73. The minimum Gasteiger partial charge on any atom is -0.341 e. The fourth-order valence-electron chi connectivity index (χ4n) is 3.38. The fourth-order valence-corrected chi connectivity index (χ4v) is 3.38. The van der Waals surface area contributed by atoms with Crippen molar-refractivity contribution in [2.45, 2.75) is 19.4 Å². The van der Waals surface area contributed by atoms with Gasteiger partial charge in [0.2, 0.25) is 5.91 Å². The molecule has 2 aromatic carbocycles. The van der Waals surface area contributed by atoms with E-state index < -0.39 is 5.82 Å². The van der Waals surface area contributed by atoms with Crippen molar-refractivity contribution in [2.75, 3.05) is 20.1 Å². The number of piperidine rings is 1. The summed E-state index contributed by atoms with van der Waals surface area (Å²) in [6.45, 7) is 1.53. The summed E-state index contributed by atoms with van der Waals surface area (Å²) in [7, 11) is 1.81. The van der Waals surface area contributed by atoms with E-state index in [1.807, 2.05) is 37.4 Å². The Morgan fingerprint density at radius 1 is 1.04 bits per heavy atom. The number of carbonyl (C=O) groups is 2. The predicted molar refractivity (Wildman–Crippen MR) is 97.9 cm³/mol. The van der Waals surface area contributed by atoms with Crippen LogP contribution < -0.4 is 0 Å².